The summed E-state index contributed by atoms with van der Waals surface area (Å²) in [5.41, 5.74) is -1.02. The quantitative estimate of drug-likeness (QED) is 0.766. The van der Waals surface area contributed by atoms with Gasteiger partial charge in [0.2, 0.25) is 0 Å². The first-order chi connectivity index (χ1) is 6.46. The van der Waals surface area contributed by atoms with Gasteiger partial charge in [-0.05, 0) is 11.6 Å². The summed E-state index contributed by atoms with van der Waals surface area (Å²) in [6.45, 7) is 0. The summed E-state index contributed by atoms with van der Waals surface area (Å²) in [7, 11) is 0. The van der Waals surface area contributed by atoms with Crippen molar-refractivity contribution in [1.29, 1.82) is 0 Å². The van der Waals surface area contributed by atoms with Gasteiger partial charge >= 0.3 is 6.18 Å². The Kier molecular flexibility index (Phi) is 3.39. The van der Waals surface area contributed by atoms with Gasteiger partial charge in [0.05, 0.1) is 17.5 Å². The highest BCUT2D eigenvalue weighted by molar-refractivity contribution is 6.18. The summed E-state index contributed by atoms with van der Waals surface area (Å²) < 4.78 is 37.2. The van der Waals surface area contributed by atoms with Gasteiger partial charge in [0, 0.05) is 0 Å². The first-order valence-electron chi connectivity index (χ1n) is 3.87. The van der Waals surface area contributed by atoms with Crippen LogP contribution >= 0.6 is 11.6 Å². The third-order valence-corrected chi connectivity index (χ3v) is 2.06. The molecule has 0 radical (unpaired) electrons. The highest BCUT2D eigenvalue weighted by Gasteiger charge is 2.34. The van der Waals surface area contributed by atoms with Crippen molar-refractivity contribution in [3.63, 3.8) is 0 Å². The van der Waals surface area contributed by atoms with E-state index in [0.717, 1.165) is 6.07 Å². The lowest BCUT2D eigenvalue weighted by atomic mass is 10.0. The maximum absolute atomic E-state index is 12.4. The molecule has 1 nitrogen and oxygen atoms in total. The molecular formula is C9H8ClF3O. The first-order valence-corrected chi connectivity index (χ1v) is 4.40. The fourth-order valence-corrected chi connectivity index (χ4v) is 1.30. The second-order valence-corrected chi connectivity index (χ2v) is 3.06. The fraction of sp³-hybridized carbons (Fsp3) is 0.333. The average Bonchev–Trinajstić information content (AvgIpc) is 2.15. The second-order valence-electron chi connectivity index (χ2n) is 2.76. The van der Waals surface area contributed by atoms with Gasteiger partial charge in [-0.25, -0.2) is 0 Å². The molecule has 0 bridgehead atoms. The predicted molar refractivity (Wildman–Crippen MR) is 47.1 cm³/mol. The van der Waals surface area contributed by atoms with Crippen LogP contribution in [0.15, 0.2) is 24.3 Å². The number of aliphatic hydroxyl groups excluding tert-OH is 1. The molecule has 0 saturated heterocycles. The molecule has 1 aromatic rings. The van der Waals surface area contributed by atoms with Gasteiger partial charge in [-0.2, -0.15) is 13.2 Å². The third kappa shape index (κ3) is 2.39. The molecule has 14 heavy (non-hydrogen) atoms. The SMILES string of the molecule is OC(CCl)c1ccccc1C(F)(F)F. The minimum Gasteiger partial charge on any atom is -0.387 e. The van der Waals surface area contributed by atoms with Crippen molar-refractivity contribution >= 4 is 11.6 Å². The summed E-state index contributed by atoms with van der Waals surface area (Å²) in [6, 6.07) is 4.84. The Bertz CT molecular complexity index is 311. The molecule has 1 aromatic carbocycles. The van der Waals surface area contributed by atoms with Crippen molar-refractivity contribution in [2.24, 2.45) is 0 Å². The summed E-state index contributed by atoms with van der Waals surface area (Å²) >= 11 is 5.29. The summed E-state index contributed by atoms with van der Waals surface area (Å²) in [6.07, 6.45) is -5.74. The van der Waals surface area contributed by atoms with Gasteiger partial charge in [0.25, 0.3) is 0 Å². The molecule has 0 amide bonds. The molecule has 1 unspecified atom stereocenters. The fourth-order valence-electron chi connectivity index (χ4n) is 1.13. The van der Waals surface area contributed by atoms with Crippen molar-refractivity contribution < 1.29 is 18.3 Å². The summed E-state index contributed by atoms with van der Waals surface area (Å²) in [4.78, 5) is 0. The lowest BCUT2D eigenvalue weighted by Crippen LogP contribution is -2.12. The summed E-state index contributed by atoms with van der Waals surface area (Å²) in [5, 5.41) is 9.24. The minimum absolute atomic E-state index is 0.185. The van der Waals surface area contributed by atoms with Crippen LogP contribution in [-0.4, -0.2) is 11.0 Å². The average molecular weight is 225 g/mol. The van der Waals surface area contributed by atoms with E-state index in [1.54, 1.807) is 0 Å². The zero-order chi connectivity index (χ0) is 10.8. The summed E-state index contributed by atoms with van der Waals surface area (Å²) in [5.74, 6) is -0.257. The number of aliphatic hydroxyl groups is 1. The molecule has 0 aliphatic carbocycles. The third-order valence-electron chi connectivity index (χ3n) is 1.77. The Balaban J connectivity index is 3.16. The predicted octanol–water partition coefficient (Wildman–Crippen LogP) is 2.98. The Hall–Kier alpha value is -0.740. The Labute approximate surface area is 84.1 Å². The van der Waals surface area contributed by atoms with Crippen LogP contribution in [0.2, 0.25) is 0 Å². The zero-order valence-electron chi connectivity index (χ0n) is 7.05. The molecule has 0 saturated carbocycles. The largest absolute Gasteiger partial charge is 0.416 e. The van der Waals surface area contributed by atoms with Crippen molar-refractivity contribution in [2.45, 2.75) is 12.3 Å². The van der Waals surface area contributed by atoms with Gasteiger partial charge < -0.3 is 5.11 Å². The standard InChI is InChI=1S/C9H8ClF3O/c10-5-8(14)6-3-1-2-4-7(6)9(11,12)13/h1-4,8,14H,5H2. The molecule has 5 heteroatoms. The Morgan fingerprint density at radius 1 is 1.29 bits per heavy atom. The molecule has 78 valence electrons. The maximum atomic E-state index is 12.4. The maximum Gasteiger partial charge on any atom is 0.416 e. The molecule has 0 spiro atoms. The number of alkyl halides is 4. The van der Waals surface area contributed by atoms with Crippen molar-refractivity contribution in [3.05, 3.63) is 35.4 Å². The second kappa shape index (κ2) is 4.19. The van der Waals surface area contributed by atoms with E-state index in [-0.39, 0.29) is 11.4 Å². The van der Waals surface area contributed by atoms with Gasteiger partial charge in [-0.3, -0.25) is 0 Å². The van der Waals surface area contributed by atoms with E-state index in [4.69, 9.17) is 11.6 Å². The van der Waals surface area contributed by atoms with Gasteiger partial charge in [-0.1, -0.05) is 18.2 Å². The Morgan fingerprint density at radius 3 is 2.36 bits per heavy atom. The smallest absolute Gasteiger partial charge is 0.387 e. The topological polar surface area (TPSA) is 20.2 Å². The highest BCUT2D eigenvalue weighted by Crippen LogP contribution is 2.34. The number of hydrogen-bond donors (Lipinski definition) is 1. The van der Waals surface area contributed by atoms with E-state index in [2.05, 4.69) is 0 Å². The monoisotopic (exact) mass is 224 g/mol. The van der Waals surface area contributed by atoms with E-state index in [1.165, 1.54) is 18.2 Å². The van der Waals surface area contributed by atoms with E-state index in [9.17, 15) is 18.3 Å². The molecule has 1 rings (SSSR count). The normalized spacial score (nSPS) is 14.1. The number of rotatable bonds is 2. The van der Waals surface area contributed by atoms with E-state index >= 15 is 0 Å². The highest BCUT2D eigenvalue weighted by atomic mass is 35.5. The van der Waals surface area contributed by atoms with E-state index in [0.29, 0.717) is 0 Å². The van der Waals surface area contributed by atoms with Gasteiger partial charge in [-0.15, -0.1) is 11.6 Å². The van der Waals surface area contributed by atoms with Crippen molar-refractivity contribution in [3.8, 4) is 0 Å². The number of halogens is 4. The number of hydrogen-bond acceptors (Lipinski definition) is 1. The lowest BCUT2D eigenvalue weighted by Gasteiger charge is -2.15. The van der Waals surface area contributed by atoms with Crippen LogP contribution in [0.1, 0.15) is 17.2 Å². The minimum atomic E-state index is -4.45. The molecule has 0 fully saturated rings. The van der Waals surface area contributed by atoms with Gasteiger partial charge in [0.15, 0.2) is 0 Å². The van der Waals surface area contributed by atoms with Crippen LogP contribution in [0, 0.1) is 0 Å². The van der Waals surface area contributed by atoms with Crippen LogP contribution in [0.25, 0.3) is 0 Å². The molecule has 0 heterocycles. The Morgan fingerprint density at radius 2 is 1.86 bits per heavy atom. The van der Waals surface area contributed by atoms with E-state index < -0.39 is 17.8 Å². The molecule has 1 atom stereocenters. The first kappa shape index (κ1) is 11.3. The van der Waals surface area contributed by atoms with Crippen LogP contribution in [0.5, 0.6) is 0 Å². The van der Waals surface area contributed by atoms with Crippen LogP contribution in [-0.2, 0) is 6.18 Å². The number of benzene rings is 1. The molecule has 1 N–H and O–H groups in total. The van der Waals surface area contributed by atoms with Crippen molar-refractivity contribution in [2.75, 3.05) is 5.88 Å². The van der Waals surface area contributed by atoms with Crippen LogP contribution < -0.4 is 0 Å². The lowest BCUT2D eigenvalue weighted by molar-refractivity contribution is -0.139. The molecule has 0 aliphatic heterocycles. The van der Waals surface area contributed by atoms with Gasteiger partial charge in [0.1, 0.15) is 0 Å². The van der Waals surface area contributed by atoms with Crippen LogP contribution in [0.3, 0.4) is 0 Å². The van der Waals surface area contributed by atoms with E-state index in [1.807, 2.05) is 0 Å². The molecular weight excluding hydrogens is 217 g/mol. The van der Waals surface area contributed by atoms with Crippen molar-refractivity contribution in [1.82, 2.24) is 0 Å². The molecule has 0 aliphatic rings. The van der Waals surface area contributed by atoms with Crippen LogP contribution in [0.4, 0.5) is 13.2 Å². The molecule has 0 aromatic heterocycles. The zero-order valence-corrected chi connectivity index (χ0v) is 7.81.